The van der Waals surface area contributed by atoms with Crippen molar-refractivity contribution in [3.05, 3.63) is 15.6 Å². The molecule has 1 N–H and O–H groups in total. The molecule has 0 aliphatic rings. The van der Waals surface area contributed by atoms with Crippen LogP contribution < -0.4 is 5.32 Å². The normalized spacial score (nSPS) is 11.1. The molecule has 0 bridgehead atoms. The summed E-state index contributed by atoms with van der Waals surface area (Å²) in [5, 5.41) is 3.88. The molecule has 0 aliphatic heterocycles. The van der Waals surface area contributed by atoms with Crippen molar-refractivity contribution in [2.75, 3.05) is 12.4 Å². The van der Waals surface area contributed by atoms with E-state index in [0.717, 1.165) is 5.56 Å². The van der Waals surface area contributed by atoms with Crippen molar-refractivity contribution in [3.63, 3.8) is 0 Å². The third-order valence-corrected chi connectivity index (χ3v) is 3.94. The van der Waals surface area contributed by atoms with E-state index in [1.165, 1.54) is 11.3 Å². The molecule has 0 fully saturated rings. The zero-order valence-corrected chi connectivity index (χ0v) is 12.6. The summed E-state index contributed by atoms with van der Waals surface area (Å²) in [7, 11) is 1.71. The predicted octanol–water partition coefficient (Wildman–Crippen LogP) is 3.26. The van der Waals surface area contributed by atoms with E-state index in [0.29, 0.717) is 26.2 Å². The maximum Gasteiger partial charge on any atom is 0.348 e. The maximum atomic E-state index is 12.0. The number of fused-ring (bicyclic) bond motifs is 1. The lowest BCUT2D eigenvalue weighted by Gasteiger charge is -2.06. The van der Waals surface area contributed by atoms with Crippen molar-refractivity contribution < 1.29 is 9.53 Å². The van der Waals surface area contributed by atoms with Gasteiger partial charge in [-0.25, -0.2) is 14.8 Å². The van der Waals surface area contributed by atoms with E-state index in [4.69, 9.17) is 16.3 Å². The lowest BCUT2D eigenvalue weighted by atomic mass is 10.2. The Labute approximate surface area is 120 Å². The van der Waals surface area contributed by atoms with Gasteiger partial charge >= 0.3 is 5.97 Å². The van der Waals surface area contributed by atoms with Gasteiger partial charge in [0, 0.05) is 7.05 Å². The molecule has 2 heterocycles. The molecule has 2 rings (SSSR count). The smallest absolute Gasteiger partial charge is 0.348 e. The van der Waals surface area contributed by atoms with Crippen molar-refractivity contribution in [1.29, 1.82) is 0 Å². The van der Waals surface area contributed by atoms with E-state index in [2.05, 4.69) is 15.3 Å². The quantitative estimate of drug-likeness (QED) is 0.696. The number of anilines is 1. The summed E-state index contributed by atoms with van der Waals surface area (Å²) in [6, 6.07) is 0. The fourth-order valence-electron chi connectivity index (χ4n) is 1.66. The van der Waals surface area contributed by atoms with Crippen molar-refractivity contribution in [2.45, 2.75) is 26.9 Å². The Morgan fingerprint density at radius 1 is 1.42 bits per heavy atom. The molecule has 2 aromatic heterocycles. The first kappa shape index (κ1) is 14.0. The predicted molar refractivity (Wildman–Crippen MR) is 77.3 cm³/mol. The molecule has 5 nitrogen and oxygen atoms in total. The number of carbonyl (C=O) groups excluding carboxylic acids is 1. The van der Waals surface area contributed by atoms with Crippen LogP contribution in [-0.4, -0.2) is 29.1 Å². The summed E-state index contributed by atoms with van der Waals surface area (Å²) in [6.07, 6.45) is -0.161. The van der Waals surface area contributed by atoms with E-state index in [-0.39, 0.29) is 12.1 Å². The summed E-state index contributed by atoms with van der Waals surface area (Å²) in [6.45, 7) is 5.45. The molecule has 0 atom stereocenters. The molecule has 0 aromatic carbocycles. The van der Waals surface area contributed by atoms with Crippen LogP contribution >= 0.6 is 22.9 Å². The summed E-state index contributed by atoms with van der Waals surface area (Å²) in [5.41, 5.74) is 0.762. The molecular formula is C12H14ClN3O2S. The van der Waals surface area contributed by atoms with Crippen LogP contribution in [-0.2, 0) is 4.74 Å². The second kappa shape index (κ2) is 5.30. The van der Waals surface area contributed by atoms with Gasteiger partial charge in [-0.3, -0.25) is 0 Å². The summed E-state index contributed by atoms with van der Waals surface area (Å²) < 4.78 is 5.21. The first-order valence-electron chi connectivity index (χ1n) is 5.79. The van der Waals surface area contributed by atoms with Gasteiger partial charge in [-0.15, -0.1) is 11.3 Å². The first-order chi connectivity index (χ1) is 8.93. The number of halogens is 1. The Morgan fingerprint density at radius 3 is 2.68 bits per heavy atom. The largest absolute Gasteiger partial charge is 0.459 e. The van der Waals surface area contributed by atoms with Crippen molar-refractivity contribution in [3.8, 4) is 0 Å². The highest BCUT2D eigenvalue weighted by Gasteiger charge is 2.21. The summed E-state index contributed by atoms with van der Waals surface area (Å²) in [5.74, 6) is 0.0834. The molecular weight excluding hydrogens is 286 g/mol. The third kappa shape index (κ3) is 2.64. The molecule has 0 amide bonds. The topological polar surface area (TPSA) is 64.1 Å². The van der Waals surface area contributed by atoms with Gasteiger partial charge in [0.05, 0.1) is 11.5 Å². The molecule has 2 aromatic rings. The molecule has 19 heavy (non-hydrogen) atoms. The molecule has 0 unspecified atom stereocenters. The van der Waals surface area contributed by atoms with Gasteiger partial charge in [0.25, 0.3) is 0 Å². The van der Waals surface area contributed by atoms with Gasteiger partial charge in [0.2, 0.25) is 5.95 Å². The zero-order valence-electron chi connectivity index (χ0n) is 11.1. The number of aromatic nitrogens is 2. The summed E-state index contributed by atoms with van der Waals surface area (Å²) in [4.78, 5) is 21.6. The number of esters is 1. The van der Waals surface area contributed by atoms with Crippen LogP contribution in [0.4, 0.5) is 5.95 Å². The standard InChI is InChI=1S/C12H14ClN3O2S/c1-5(2)18-11(17)8-6(3)7-9(13)15-12(14-4)16-10(7)19-8/h5H,1-4H3,(H,14,15,16). The average molecular weight is 300 g/mol. The van der Waals surface area contributed by atoms with Crippen LogP contribution in [0.25, 0.3) is 10.2 Å². The molecule has 0 saturated heterocycles. The number of nitrogens with zero attached hydrogens (tertiary/aromatic N) is 2. The lowest BCUT2D eigenvalue weighted by Crippen LogP contribution is -2.11. The Kier molecular flexibility index (Phi) is 3.91. The van der Waals surface area contributed by atoms with E-state index in [1.54, 1.807) is 7.05 Å². The minimum atomic E-state index is -0.349. The fraction of sp³-hybridized carbons (Fsp3) is 0.417. The van der Waals surface area contributed by atoms with Crippen LogP contribution in [0.5, 0.6) is 0 Å². The molecule has 0 spiro atoms. The monoisotopic (exact) mass is 299 g/mol. The van der Waals surface area contributed by atoms with Crippen molar-refractivity contribution >= 4 is 45.1 Å². The highest BCUT2D eigenvalue weighted by molar-refractivity contribution is 7.20. The number of nitrogens with one attached hydrogen (secondary N) is 1. The summed E-state index contributed by atoms with van der Waals surface area (Å²) >= 11 is 7.40. The second-order valence-electron chi connectivity index (χ2n) is 4.28. The molecule has 0 radical (unpaired) electrons. The SMILES string of the molecule is CNc1nc(Cl)c2c(C)c(C(=O)OC(C)C)sc2n1. The van der Waals surface area contributed by atoms with E-state index >= 15 is 0 Å². The number of ether oxygens (including phenoxy) is 1. The minimum absolute atomic E-state index is 0.161. The lowest BCUT2D eigenvalue weighted by molar-refractivity contribution is 0.0383. The minimum Gasteiger partial charge on any atom is -0.459 e. The number of thiophene rings is 1. The maximum absolute atomic E-state index is 12.0. The van der Waals surface area contributed by atoms with Crippen molar-refractivity contribution in [2.24, 2.45) is 0 Å². The zero-order chi connectivity index (χ0) is 14.2. The van der Waals surface area contributed by atoms with Gasteiger partial charge < -0.3 is 10.1 Å². The first-order valence-corrected chi connectivity index (χ1v) is 6.98. The highest BCUT2D eigenvalue weighted by atomic mass is 35.5. The fourth-order valence-corrected chi connectivity index (χ4v) is 3.10. The number of aryl methyl sites for hydroxylation is 1. The van der Waals surface area contributed by atoms with Gasteiger partial charge in [0.15, 0.2) is 0 Å². The van der Waals surface area contributed by atoms with Crippen LogP contribution in [0.1, 0.15) is 29.1 Å². The van der Waals surface area contributed by atoms with Crippen LogP contribution in [0.2, 0.25) is 5.15 Å². The van der Waals surface area contributed by atoms with Gasteiger partial charge in [0.1, 0.15) is 14.9 Å². The van der Waals surface area contributed by atoms with Crippen LogP contribution in [0.15, 0.2) is 0 Å². The Bertz CT molecular complexity index is 639. The number of rotatable bonds is 3. The second-order valence-corrected chi connectivity index (χ2v) is 5.64. The highest BCUT2D eigenvalue weighted by Crippen LogP contribution is 2.34. The van der Waals surface area contributed by atoms with Gasteiger partial charge in [-0.2, -0.15) is 0 Å². The number of hydrogen-bond acceptors (Lipinski definition) is 6. The molecule has 102 valence electrons. The average Bonchev–Trinajstić information content (AvgIpc) is 2.66. The molecule has 7 heteroatoms. The Hall–Kier alpha value is -1.40. The number of carbonyl (C=O) groups is 1. The van der Waals surface area contributed by atoms with E-state index in [9.17, 15) is 4.79 Å². The van der Waals surface area contributed by atoms with Gasteiger partial charge in [-0.1, -0.05) is 11.6 Å². The number of hydrogen-bond donors (Lipinski definition) is 1. The Balaban J connectivity index is 2.56. The van der Waals surface area contributed by atoms with Gasteiger partial charge in [-0.05, 0) is 26.3 Å². The van der Waals surface area contributed by atoms with Crippen molar-refractivity contribution in [1.82, 2.24) is 9.97 Å². The van der Waals surface area contributed by atoms with E-state index in [1.807, 2.05) is 20.8 Å². The van der Waals surface area contributed by atoms with Crippen LogP contribution in [0.3, 0.4) is 0 Å². The third-order valence-electron chi connectivity index (χ3n) is 2.50. The Morgan fingerprint density at radius 2 is 2.11 bits per heavy atom. The molecule has 0 saturated carbocycles. The van der Waals surface area contributed by atoms with E-state index < -0.39 is 0 Å². The van der Waals surface area contributed by atoms with Crippen LogP contribution in [0, 0.1) is 6.92 Å². The molecule has 0 aliphatic carbocycles.